The maximum atomic E-state index is 11.7. The van der Waals surface area contributed by atoms with E-state index >= 15 is 0 Å². The number of aliphatic hydroxyl groups excluding tert-OH is 1. The lowest BCUT2D eigenvalue weighted by molar-refractivity contribution is -0.136. The molecule has 0 aromatic carbocycles. The Morgan fingerprint density at radius 1 is 1.19 bits per heavy atom. The van der Waals surface area contributed by atoms with E-state index in [-0.39, 0.29) is 5.97 Å². The first kappa shape index (κ1) is 21.0. The molecule has 2 fully saturated rings. The number of carbonyl (C=O) groups is 1. The minimum Gasteiger partial charge on any atom is -0.456 e. The van der Waals surface area contributed by atoms with Crippen molar-refractivity contribution in [2.24, 2.45) is 5.41 Å². The molecule has 1 N–H and O–H groups in total. The summed E-state index contributed by atoms with van der Waals surface area (Å²) in [5.74, 6) is -0.176. The number of piperidine rings is 2. The lowest BCUT2D eigenvalue weighted by atomic mass is 9.71. The number of cyclic esters (lactones) is 1. The van der Waals surface area contributed by atoms with Crippen LogP contribution in [0.1, 0.15) is 44.4 Å². The van der Waals surface area contributed by atoms with Gasteiger partial charge in [0.25, 0.3) is 0 Å². The van der Waals surface area contributed by atoms with Crippen LogP contribution < -0.4 is 0 Å². The molecule has 0 saturated carbocycles. The summed E-state index contributed by atoms with van der Waals surface area (Å²) in [5, 5.41) is 22.0. The Labute approximate surface area is 186 Å². The Morgan fingerprint density at radius 2 is 1.94 bits per heavy atom. The van der Waals surface area contributed by atoms with Gasteiger partial charge in [-0.05, 0) is 73.7 Å². The van der Waals surface area contributed by atoms with Crippen molar-refractivity contribution in [2.45, 2.75) is 38.7 Å². The van der Waals surface area contributed by atoms with E-state index in [1.54, 1.807) is 10.9 Å². The molecule has 5 heterocycles. The van der Waals surface area contributed by atoms with Crippen LogP contribution in [0, 0.1) is 5.41 Å². The zero-order chi connectivity index (χ0) is 22.1. The van der Waals surface area contributed by atoms with Crippen LogP contribution in [0.15, 0.2) is 35.9 Å². The Hall–Kier alpha value is -2.85. The van der Waals surface area contributed by atoms with Crippen LogP contribution in [-0.2, 0) is 9.53 Å². The molecule has 170 valence electrons. The zero-order valence-corrected chi connectivity index (χ0v) is 18.4. The molecule has 5 rings (SSSR count). The van der Waals surface area contributed by atoms with E-state index in [0.29, 0.717) is 24.3 Å². The van der Waals surface area contributed by atoms with Crippen molar-refractivity contribution < 1.29 is 14.6 Å². The molecule has 3 aliphatic heterocycles. The van der Waals surface area contributed by atoms with E-state index in [1.165, 1.54) is 6.33 Å². The number of carbonyl (C=O) groups excluding carboxylic acids is 1. The van der Waals surface area contributed by atoms with Gasteiger partial charge in [-0.15, -0.1) is 5.10 Å². The summed E-state index contributed by atoms with van der Waals surface area (Å²) >= 11 is 0. The zero-order valence-electron chi connectivity index (χ0n) is 18.4. The van der Waals surface area contributed by atoms with Gasteiger partial charge >= 0.3 is 5.97 Å². The number of β-amino-alcohol motifs (C(OH)–C–C–N with tert-alkyl or cyclic N) is 1. The van der Waals surface area contributed by atoms with Gasteiger partial charge in [0.05, 0.1) is 22.7 Å². The predicted octanol–water partition coefficient (Wildman–Crippen LogP) is 1.10. The number of tetrazole rings is 1. The Kier molecular flexibility index (Phi) is 5.64. The van der Waals surface area contributed by atoms with E-state index < -0.39 is 6.10 Å². The summed E-state index contributed by atoms with van der Waals surface area (Å²) in [4.78, 5) is 20.7. The van der Waals surface area contributed by atoms with E-state index in [1.807, 2.05) is 19.1 Å². The van der Waals surface area contributed by atoms with Crippen LogP contribution in [0.4, 0.5) is 0 Å². The molecule has 32 heavy (non-hydrogen) atoms. The molecule has 0 radical (unpaired) electrons. The summed E-state index contributed by atoms with van der Waals surface area (Å²) in [7, 11) is 0. The Balaban J connectivity index is 1.14. The van der Waals surface area contributed by atoms with E-state index in [0.717, 1.165) is 68.8 Å². The number of aromatic nitrogens is 5. The summed E-state index contributed by atoms with van der Waals surface area (Å²) < 4.78 is 6.74. The topological polar surface area (TPSA) is 110 Å². The van der Waals surface area contributed by atoms with Gasteiger partial charge in [0.15, 0.2) is 0 Å². The average Bonchev–Trinajstić information content (AvgIpc) is 3.47. The number of aliphatic hydroxyl groups is 1. The fourth-order valence-electron chi connectivity index (χ4n) is 5.14. The van der Waals surface area contributed by atoms with E-state index in [9.17, 15) is 9.90 Å². The normalized spacial score (nSPS) is 22.4. The SMILES string of the molecule is CC1=C(N2CCC3(CCN(C[C@H](O)c4cc(-n5cnnn5)ccn4)CC3)CC2)COC1=O. The largest absolute Gasteiger partial charge is 0.456 e. The predicted molar refractivity (Wildman–Crippen MR) is 114 cm³/mol. The third kappa shape index (κ3) is 4.12. The monoisotopic (exact) mass is 439 g/mol. The number of ether oxygens (including phenoxy) is 1. The Bertz CT molecular complexity index is 989. The lowest BCUT2D eigenvalue weighted by Crippen LogP contribution is -2.47. The molecule has 0 bridgehead atoms. The van der Waals surface area contributed by atoms with Gasteiger partial charge in [-0.3, -0.25) is 4.98 Å². The third-order valence-corrected chi connectivity index (χ3v) is 7.35. The number of likely N-dealkylation sites (tertiary alicyclic amines) is 2. The number of esters is 1. The highest BCUT2D eigenvalue weighted by Crippen LogP contribution is 2.42. The molecule has 1 spiro atoms. The first-order chi connectivity index (χ1) is 15.5. The Morgan fingerprint density at radius 3 is 2.59 bits per heavy atom. The second-order valence-corrected chi connectivity index (χ2v) is 9.14. The second-order valence-electron chi connectivity index (χ2n) is 9.14. The van der Waals surface area contributed by atoms with Crippen LogP contribution in [0.2, 0.25) is 0 Å². The maximum Gasteiger partial charge on any atom is 0.335 e. The van der Waals surface area contributed by atoms with Crippen LogP contribution >= 0.6 is 0 Å². The molecule has 0 aliphatic carbocycles. The van der Waals surface area contributed by atoms with Gasteiger partial charge in [-0.25, -0.2) is 9.48 Å². The number of rotatable bonds is 5. The fraction of sp³-hybridized carbons (Fsp3) is 0.591. The smallest absolute Gasteiger partial charge is 0.335 e. The lowest BCUT2D eigenvalue weighted by Gasteiger charge is -2.47. The number of nitrogens with zero attached hydrogens (tertiary/aromatic N) is 7. The van der Waals surface area contributed by atoms with Crippen LogP contribution in [-0.4, -0.2) is 85.4 Å². The second kappa shape index (κ2) is 8.59. The maximum absolute atomic E-state index is 11.7. The standard InChI is InChI=1S/C22H29N7O3/c1-16-19(14-32-21(16)31)28-10-5-22(6-11-28)3-8-27(9-4-22)13-20(30)18-12-17(2-7-23-18)29-15-24-25-26-29/h2,7,12,15,20,30H,3-6,8-11,13-14H2,1H3/t20-/m0/s1. The first-order valence-corrected chi connectivity index (χ1v) is 11.2. The summed E-state index contributed by atoms with van der Waals surface area (Å²) in [5.41, 5.74) is 3.62. The summed E-state index contributed by atoms with van der Waals surface area (Å²) in [6.45, 7) is 6.79. The van der Waals surface area contributed by atoms with Crippen LogP contribution in [0.3, 0.4) is 0 Å². The van der Waals surface area contributed by atoms with Gasteiger partial charge < -0.3 is 19.6 Å². The highest BCUT2D eigenvalue weighted by atomic mass is 16.5. The fourth-order valence-corrected chi connectivity index (χ4v) is 5.14. The molecule has 2 aromatic rings. The average molecular weight is 440 g/mol. The van der Waals surface area contributed by atoms with Gasteiger partial charge in [-0.1, -0.05) is 0 Å². The van der Waals surface area contributed by atoms with Gasteiger partial charge in [-0.2, -0.15) is 0 Å². The van der Waals surface area contributed by atoms with Crippen molar-refractivity contribution in [3.8, 4) is 5.69 Å². The van der Waals surface area contributed by atoms with Crippen molar-refractivity contribution in [3.63, 3.8) is 0 Å². The van der Waals surface area contributed by atoms with E-state index in [2.05, 4.69) is 30.3 Å². The van der Waals surface area contributed by atoms with E-state index in [4.69, 9.17) is 4.74 Å². The third-order valence-electron chi connectivity index (χ3n) is 7.35. The molecule has 10 heteroatoms. The molecule has 1 atom stereocenters. The number of hydrogen-bond acceptors (Lipinski definition) is 9. The van der Waals surface area contributed by atoms with Crippen LogP contribution in [0.5, 0.6) is 0 Å². The van der Waals surface area contributed by atoms with Crippen molar-refractivity contribution in [1.82, 2.24) is 35.0 Å². The molecule has 3 aliphatic rings. The van der Waals surface area contributed by atoms with Gasteiger partial charge in [0.2, 0.25) is 0 Å². The quantitative estimate of drug-likeness (QED) is 0.685. The van der Waals surface area contributed by atoms with Crippen LogP contribution in [0.25, 0.3) is 5.69 Å². The number of hydrogen-bond donors (Lipinski definition) is 1. The molecular formula is C22H29N7O3. The number of pyridine rings is 1. The molecule has 0 unspecified atom stereocenters. The molecule has 10 nitrogen and oxygen atoms in total. The van der Waals surface area contributed by atoms with Crippen molar-refractivity contribution >= 4 is 5.97 Å². The highest BCUT2D eigenvalue weighted by molar-refractivity contribution is 5.90. The highest BCUT2D eigenvalue weighted by Gasteiger charge is 2.39. The van der Waals surface area contributed by atoms with Gasteiger partial charge in [0, 0.05) is 25.8 Å². The minimum absolute atomic E-state index is 0.176. The first-order valence-electron chi connectivity index (χ1n) is 11.2. The van der Waals surface area contributed by atoms with Crippen molar-refractivity contribution in [1.29, 1.82) is 0 Å². The molecule has 0 amide bonds. The summed E-state index contributed by atoms with van der Waals surface area (Å²) in [6, 6.07) is 3.64. The van der Waals surface area contributed by atoms with Crippen molar-refractivity contribution in [3.05, 3.63) is 41.6 Å². The molecule has 2 aromatic heterocycles. The van der Waals surface area contributed by atoms with Crippen molar-refractivity contribution in [2.75, 3.05) is 39.3 Å². The van der Waals surface area contributed by atoms with Gasteiger partial charge in [0.1, 0.15) is 19.0 Å². The minimum atomic E-state index is -0.655. The molecule has 2 saturated heterocycles. The summed E-state index contributed by atoms with van der Waals surface area (Å²) in [6.07, 6.45) is 7.11. The molecular weight excluding hydrogens is 410 g/mol.